The van der Waals surface area contributed by atoms with E-state index in [1.807, 2.05) is 55.7 Å². The second-order valence-corrected chi connectivity index (χ2v) is 21.2. The first-order valence-corrected chi connectivity index (χ1v) is 27.0. The summed E-state index contributed by atoms with van der Waals surface area (Å²) < 4.78 is 6.57. The van der Waals surface area contributed by atoms with Gasteiger partial charge in [0, 0.05) is 119 Å². The third-order valence-corrected chi connectivity index (χ3v) is 15.8. The number of ether oxygens (including phenoxy) is 1. The number of hydrogen-bond donors (Lipinski definition) is 4. The van der Waals surface area contributed by atoms with E-state index in [0.29, 0.717) is 96.5 Å². The van der Waals surface area contributed by atoms with Crippen LogP contribution in [-0.2, 0) is 32.1 Å². The minimum Gasteiger partial charge on any atom is -0.480 e. The van der Waals surface area contributed by atoms with Crippen LogP contribution >= 0.6 is 11.6 Å². The highest BCUT2D eigenvalue weighted by molar-refractivity contribution is 6.36. The quantitative estimate of drug-likeness (QED) is 0.0999. The molecule has 6 atom stereocenters. The molecule has 408 valence electrons. The first-order chi connectivity index (χ1) is 36.1. The molecule has 0 aliphatic carbocycles. The second kappa shape index (κ2) is 26.9. The smallest absolute Gasteiger partial charge is 0.318 e. The Balaban J connectivity index is 1.00. The van der Waals surface area contributed by atoms with Crippen molar-refractivity contribution < 1.29 is 39.2 Å². The number of aromatic nitrogens is 2. The van der Waals surface area contributed by atoms with Crippen molar-refractivity contribution in [2.75, 3.05) is 121 Å². The van der Waals surface area contributed by atoms with Crippen LogP contribution in [-0.4, -0.2) is 226 Å². The lowest BCUT2D eigenvalue weighted by molar-refractivity contribution is -0.141. The second-order valence-electron chi connectivity index (χ2n) is 20.8. The number of nitriles is 1. The van der Waals surface area contributed by atoms with Crippen LogP contribution in [0.1, 0.15) is 64.6 Å². The molecule has 3 fully saturated rings. The van der Waals surface area contributed by atoms with Gasteiger partial charge in [0.25, 0.3) is 0 Å². The van der Waals surface area contributed by atoms with Gasteiger partial charge in [0.1, 0.15) is 12.4 Å². The molecule has 0 unspecified atom stereocenters. The number of amides is 2. The summed E-state index contributed by atoms with van der Waals surface area (Å²) in [5.41, 5.74) is 2.91. The van der Waals surface area contributed by atoms with Crippen LogP contribution in [0.15, 0.2) is 49.1 Å². The molecule has 1 aromatic heterocycles. The van der Waals surface area contributed by atoms with Gasteiger partial charge < -0.3 is 40.1 Å². The summed E-state index contributed by atoms with van der Waals surface area (Å²) in [6.45, 7) is 18.3. The maximum absolute atomic E-state index is 13.7. The summed E-state index contributed by atoms with van der Waals surface area (Å²) in [7, 11) is 0. The van der Waals surface area contributed by atoms with Crippen molar-refractivity contribution >= 4 is 57.6 Å². The normalized spacial score (nSPS) is 24.0. The first kappa shape index (κ1) is 57.1. The predicted molar refractivity (Wildman–Crippen MR) is 288 cm³/mol. The molecule has 2 amide bonds. The Labute approximate surface area is 446 Å². The molecule has 4 aliphatic heterocycles. The third kappa shape index (κ3) is 14.8. The number of carboxylic acid groups (broad SMARTS) is 2. The number of carboxylic acids is 2. The molecule has 4 N–H and O–H groups in total. The van der Waals surface area contributed by atoms with Crippen molar-refractivity contribution in [3.63, 3.8) is 0 Å². The van der Waals surface area contributed by atoms with Gasteiger partial charge in [-0.2, -0.15) is 15.2 Å². The molecule has 0 bridgehead atoms. The number of aliphatic hydroxyl groups is 1. The zero-order chi connectivity index (χ0) is 53.8. The van der Waals surface area contributed by atoms with Gasteiger partial charge in [-0.1, -0.05) is 42.4 Å². The van der Waals surface area contributed by atoms with Gasteiger partial charge in [-0.3, -0.25) is 43.7 Å². The van der Waals surface area contributed by atoms with Crippen LogP contribution in [0.3, 0.4) is 0 Å². The maximum Gasteiger partial charge on any atom is 0.318 e. The Kier molecular flexibility index (Phi) is 20.5. The van der Waals surface area contributed by atoms with Crippen molar-refractivity contribution in [1.29, 1.82) is 5.26 Å². The number of carbonyl (C=O) groups excluding carboxylic acids is 2. The zero-order valence-electron chi connectivity index (χ0n) is 44.2. The summed E-state index contributed by atoms with van der Waals surface area (Å²) in [5.74, 6) is -1.50. The summed E-state index contributed by atoms with van der Waals surface area (Å²) >= 11 is 6.81. The lowest BCUT2D eigenvalue weighted by atomic mass is 10.0. The average molecular weight is 1060 g/mol. The monoisotopic (exact) mass is 1060 g/mol. The molecule has 0 spiro atoms. The molecule has 2 aromatic carbocycles. The molecular formula is C54H77ClN12O8. The highest BCUT2D eigenvalue weighted by atomic mass is 35.5. The molecule has 0 radical (unpaired) electrons. The van der Waals surface area contributed by atoms with Crippen LogP contribution < -0.4 is 19.9 Å². The van der Waals surface area contributed by atoms with Gasteiger partial charge in [-0.15, -0.1) is 0 Å². The molecule has 7 rings (SSSR count). The van der Waals surface area contributed by atoms with E-state index in [-0.39, 0.29) is 86.7 Å². The van der Waals surface area contributed by atoms with Crippen LogP contribution in [0.5, 0.6) is 6.01 Å². The number of β-amino-alcohol motifs (C(OH)–C–C–N with tert-alkyl or cyclic N) is 1. The molecule has 21 heteroatoms. The number of aliphatic carboxylic acids is 2. The average Bonchev–Trinajstić information content (AvgIpc) is 3.84. The Morgan fingerprint density at radius 3 is 2.12 bits per heavy atom. The SMILES string of the molecule is C=CC(=O)N1CCN(c2nc(OC[C@@H]3CCCN3CCCNC(=O)CN3C[C@@H](C)N(CCO)C[C@@H](C)N(CC(=O)O)C[C@@H](C)N(CC(=O)O)C[C@H]3C)nc3c2CCN(c2cccc4cccc(Cl)c24)C3)C[C@@H]1CC#N. The first-order valence-electron chi connectivity index (χ1n) is 26.6. The van der Waals surface area contributed by atoms with Gasteiger partial charge in [0.05, 0.1) is 62.0 Å². The number of benzene rings is 2. The number of likely N-dealkylation sites (tertiary alicyclic amines) is 1. The van der Waals surface area contributed by atoms with Crippen LogP contribution in [0.25, 0.3) is 10.8 Å². The molecule has 4 aliphatic rings. The maximum atomic E-state index is 13.7. The van der Waals surface area contributed by atoms with E-state index >= 15 is 0 Å². The number of hydrogen-bond acceptors (Lipinski definition) is 16. The summed E-state index contributed by atoms with van der Waals surface area (Å²) in [6, 6.07) is 13.7. The van der Waals surface area contributed by atoms with E-state index in [1.165, 1.54) is 6.08 Å². The van der Waals surface area contributed by atoms with E-state index in [0.717, 1.165) is 59.5 Å². The fourth-order valence-electron chi connectivity index (χ4n) is 11.5. The Bertz CT molecular complexity index is 2510. The van der Waals surface area contributed by atoms with Crippen molar-refractivity contribution in [1.82, 2.24) is 44.7 Å². The Hall–Kier alpha value is -5.66. The number of fused-ring (bicyclic) bond motifs is 2. The molecule has 0 saturated carbocycles. The van der Waals surface area contributed by atoms with Crippen molar-refractivity contribution in [2.24, 2.45) is 0 Å². The fraction of sp³-hybridized carbons (Fsp3) is 0.611. The molecular weight excluding hydrogens is 980 g/mol. The molecule has 3 aromatic rings. The van der Waals surface area contributed by atoms with E-state index in [9.17, 15) is 39.8 Å². The third-order valence-electron chi connectivity index (χ3n) is 15.5. The minimum atomic E-state index is -0.980. The number of carbonyl (C=O) groups is 4. The number of aliphatic hydroxyl groups excluding tert-OH is 1. The Morgan fingerprint density at radius 1 is 0.813 bits per heavy atom. The number of nitrogens with one attached hydrogen (secondary N) is 1. The topological polar surface area (TPSA) is 226 Å². The van der Waals surface area contributed by atoms with E-state index in [2.05, 4.69) is 60.7 Å². The minimum absolute atomic E-state index is 0.0745. The summed E-state index contributed by atoms with van der Waals surface area (Å²) in [4.78, 5) is 77.2. The van der Waals surface area contributed by atoms with Crippen LogP contribution in [0.4, 0.5) is 11.5 Å². The van der Waals surface area contributed by atoms with E-state index in [1.54, 1.807) is 4.90 Å². The van der Waals surface area contributed by atoms with Gasteiger partial charge in [-0.05, 0) is 83.5 Å². The summed E-state index contributed by atoms with van der Waals surface area (Å²) in [6.07, 6.45) is 4.80. The van der Waals surface area contributed by atoms with Crippen LogP contribution in [0.2, 0.25) is 5.02 Å². The number of rotatable bonds is 19. The molecule has 3 saturated heterocycles. The molecule has 5 heterocycles. The van der Waals surface area contributed by atoms with E-state index < -0.39 is 11.9 Å². The van der Waals surface area contributed by atoms with Crippen LogP contribution in [0, 0.1) is 11.3 Å². The highest BCUT2D eigenvalue weighted by Gasteiger charge is 2.35. The van der Waals surface area contributed by atoms with Gasteiger partial charge >= 0.3 is 17.9 Å². The molecule has 75 heavy (non-hydrogen) atoms. The van der Waals surface area contributed by atoms with Crippen molar-refractivity contribution in [2.45, 2.75) is 103 Å². The highest BCUT2D eigenvalue weighted by Crippen LogP contribution is 2.37. The molecule has 20 nitrogen and oxygen atoms in total. The van der Waals surface area contributed by atoms with Gasteiger partial charge in [0.15, 0.2) is 0 Å². The van der Waals surface area contributed by atoms with Gasteiger partial charge in [-0.25, -0.2) is 0 Å². The fourth-order valence-corrected chi connectivity index (χ4v) is 11.8. The summed E-state index contributed by atoms with van der Waals surface area (Å²) in [5, 5.41) is 45.3. The zero-order valence-corrected chi connectivity index (χ0v) is 44.9. The standard InChI is InChI=1S/C54H77ClN12O8/c1-6-49(70)67-24-23-63(31-42(67)16-18-56)53-44-17-22-62(47-15-8-12-41-11-7-14-45(55)52(41)47)32-46(44)58-54(59-53)75-36-43-13-9-20-60(43)21-10-19-57-48(69)33-64-28-37(2)61(25-26-68)27-38(3)65(34-50(71)72)30-40(5)66(29-39(64)4)35-51(73)74/h6-8,11-12,14-15,37-40,42-43,68H,1,9-10,13,16-17,19-36H2,2-5H3,(H,57,69)(H,71,72)(H,73,74)/t37-,38-,39-,40-,42+,43+/m1/s1. The van der Waals surface area contributed by atoms with E-state index in [4.69, 9.17) is 26.3 Å². The van der Waals surface area contributed by atoms with Crippen molar-refractivity contribution in [3.8, 4) is 12.1 Å². The number of piperazine rings is 1. The largest absolute Gasteiger partial charge is 0.480 e. The lowest BCUT2D eigenvalue weighted by Gasteiger charge is -2.43. The van der Waals surface area contributed by atoms with Crippen molar-refractivity contribution in [3.05, 3.63) is 65.3 Å². The Morgan fingerprint density at radius 2 is 1.47 bits per heavy atom. The lowest BCUT2D eigenvalue weighted by Crippen LogP contribution is -2.58. The number of anilines is 2. The van der Waals surface area contributed by atoms with Gasteiger partial charge in [0.2, 0.25) is 11.8 Å². The number of halogens is 1. The number of nitrogens with zero attached hydrogens (tertiary/aromatic N) is 11. The predicted octanol–water partition coefficient (Wildman–Crippen LogP) is 3.25.